The Balaban J connectivity index is 2.05. The van der Waals surface area contributed by atoms with Gasteiger partial charge in [0.2, 0.25) is 0 Å². The zero-order chi connectivity index (χ0) is 13.8. The van der Waals surface area contributed by atoms with E-state index in [0.29, 0.717) is 6.61 Å². The number of aryl methyl sites for hydroxylation is 1. The summed E-state index contributed by atoms with van der Waals surface area (Å²) in [6, 6.07) is 14.3. The molecule has 0 radical (unpaired) electrons. The highest BCUT2D eigenvalue weighted by molar-refractivity contribution is 9.10. The van der Waals surface area contributed by atoms with Crippen LogP contribution in [0.2, 0.25) is 0 Å². The smallest absolute Gasteiger partial charge is 0.122 e. The summed E-state index contributed by atoms with van der Waals surface area (Å²) >= 11 is 3.42. The highest BCUT2D eigenvalue weighted by Crippen LogP contribution is 2.23. The van der Waals surface area contributed by atoms with Crippen molar-refractivity contribution in [3.05, 3.63) is 63.6 Å². The number of hydrogen-bond donors (Lipinski definition) is 1. The lowest BCUT2D eigenvalue weighted by atomic mass is 10.1. The molecule has 0 saturated carbocycles. The quantitative estimate of drug-likeness (QED) is 0.908. The first kappa shape index (κ1) is 14.1. The van der Waals surface area contributed by atoms with E-state index in [1.807, 2.05) is 38.1 Å². The van der Waals surface area contributed by atoms with Crippen LogP contribution in [0.5, 0.6) is 5.75 Å². The first-order valence-corrected chi connectivity index (χ1v) is 7.09. The van der Waals surface area contributed by atoms with Crippen LogP contribution in [0.15, 0.2) is 46.9 Å². The minimum absolute atomic E-state index is 0.0548. The van der Waals surface area contributed by atoms with E-state index in [4.69, 9.17) is 10.5 Å². The number of rotatable bonds is 4. The molecule has 0 aliphatic rings. The second-order valence-corrected chi connectivity index (χ2v) is 5.64. The van der Waals surface area contributed by atoms with Crippen molar-refractivity contribution in [1.29, 1.82) is 0 Å². The number of halogens is 1. The van der Waals surface area contributed by atoms with Gasteiger partial charge >= 0.3 is 0 Å². The Labute approximate surface area is 122 Å². The van der Waals surface area contributed by atoms with E-state index in [0.717, 1.165) is 26.9 Å². The summed E-state index contributed by atoms with van der Waals surface area (Å²) in [5.74, 6) is 0.910. The molecule has 2 rings (SSSR count). The first-order valence-electron chi connectivity index (χ1n) is 6.29. The number of nitrogens with two attached hydrogens (primary N) is 1. The van der Waals surface area contributed by atoms with E-state index in [1.54, 1.807) is 0 Å². The summed E-state index contributed by atoms with van der Waals surface area (Å²) in [7, 11) is 0. The van der Waals surface area contributed by atoms with Crippen molar-refractivity contribution in [2.75, 3.05) is 0 Å². The lowest BCUT2D eigenvalue weighted by Gasteiger charge is -2.12. The van der Waals surface area contributed by atoms with Gasteiger partial charge in [0, 0.05) is 10.5 Å². The fraction of sp³-hybridized carbons (Fsp3) is 0.250. The van der Waals surface area contributed by atoms with Crippen LogP contribution in [0.1, 0.15) is 29.7 Å². The van der Waals surface area contributed by atoms with Crippen molar-refractivity contribution in [3.8, 4) is 5.75 Å². The monoisotopic (exact) mass is 319 g/mol. The Hall–Kier alpha value is -1.32. The van der Waals surface area contributed by atoms with Crippen LogP contribution in [0.4, 0.5) is 0 Å². The molecule has 0 fully saturated rings. The molecule has 100 valence electrons. The summed E-state index contributed by atoms with van der Waals surface area (Å²) in [5, 5.41) is 0. The highest BCUT2D eigenvalue weighted by atomic mass is 79.9. The molecule has 0 saturated heterocycles. The molecular formula is C16H18BrNO. The lowest BCUT2D eigenvalue weighted by Crippen LogP contribution is -2.05. The van der Waals surface area contributed by atoms with Gasteiger partial charge in [-0.1, -0.05) is 40.2 Å². The van der Waals surface area contributed by atoms with Crippen molar-refractivity contribution in [1.82, 2.24) is 0 Å². The van der Waals surface area contributed by atoms with Gasteiger partial charge < -0.3 is 10.5 Å². The Bertz CT molecular complexity index is 549. The minimum Gasteiger partial charge on any atom is -0.489 e. The van der Waals surface area contributed by atoms with Gasteiger partial charge in [0.25, 0.3) is 0 Å². The molecule has 0 aliphatic heterocycles. The molecule has 2 aromatic rings. The largest absolute Gasteiger partial charge is 0.489 e. The van der Waals surface area contributed by atoms with Gasteiger partial charge in [-0.05, 0) is 48.7 Å². The third-order valence-electron chi connectivity index (χ3n) is 3.03. The highest BCUT2D eigenvalue weighted by Gasteiger charge is 2.04. The van der Waals surface area contributed by atoms with Crippen LogP contribution in [0, 0.1) is 6.92 Å². The molecule has 0 spiro atoms. The average molecular weight is 320 g/mol. The summed E-state index contributed by atoms with van der Waals surface area (Å²) in [6.07, 6.45) is 0. The van der Waals surface area contributed by atoms with Crippen molar-refractivity contribution < 1.29 is 4.74 Å². The van der Waals surface area contributed by atoms with Gasteiger partial charge in [0.15, 0.2) is 0 Å². The van der Waals surface area contributed by atoms with Gasteiger partial charge in [-0.2, -0.15) is 0 Å². The predicted molar refractivity (Wildman–Crippen MR) is 82.3 cm³/mol. The molecule has 0 unspecified atom stereocenters. The van der Waals surface area contributed by atoms with Gasteiger partial charge in [-0.25, -0.2) is 0 Å². The maximum absolute atomic E-state index is 5.87. The molecule has 3 heteroatoms. The van der Waals surface area contributed by atoms with Crippen LogP contribution in [-0.2, 0) is 6.61 Å². The molecule has 19 heavy (non-hydrogen) atoms. The maximum atomic E-state index is 5.87. The molecule has 2 nitrogen and oxygen atoms in total. The van der Waals surface area contributed by atoms with Gasteiger partial charge in [0.05, 0.1) is 0 Å². The van der Waals surface area contributed by atoms with Crippen LogP contribution in [0.25, 0.3) is 0 Å². The fourth-order valence-electron chi connectivity index (χ4n) is 1.86. The van der Waals surface area contributed by atoms with E-state index in [1.165, 1.54) is 0 Å². The maximum Gasteiger partial charge on any atom is 0.122 e. The van der Waals surface area contributed by atoms with E-state index >= 15 is 0 Å². The minimum atomic E-state index is 0.0548. The number of ether oxygens (including phenoxy) is 1. The van der Waals surface area contributed by atoms with Crippen molar-refractivity contribution in [2.45, 2.75) is 26.5 Å². The molecule has 0 bridgehead atoms. The van der Waals surface area contributed by atoms with Crippen LogP contribution in [0.3, 0.4) is 0 Å². The van der Waals surface area contributed by atoms with E-state index in [9.17, 15) is 0 Å². The van der Waals surface area contributed by atoms with Crippen molar-refractivity contribution >= 4 is 15.9 Å². The third kappa shape index (κ3) is 3.82. The summed E-state index contributed by atoms with van der Waals surface area (Å²) in [5.41, 5.74) is 9.27. The van der Waals surface area contributed by atoms with E-state index in [-0.39, 0.29) is 6.04 Å². The SMILES string of the molecule is Cc1cc([C@@H](C)N)ccc1OCc1ccc(Br)cc1. The Kier molecular flexibility index (Phi) is 4.61. The summed E-state index contributed by atoms with van der Waals surface area (Å²) < 4.78 is 6.92. The zero-order valence-corrected chi connectivity index (χ0v) is 12.8. The Morgan fingerprint density at radius 1 is 1.16 bits per heavy atom. The standard InChI is InChI=1S/C16H18BrNO/c1-11-9-14(12(2)18)5-8-16(11)19-10-13-3-6-15(17)7-4-13/h3-9,12H,10,18H2,1-2H3/t12-/m1/s1. The first-order chi connectivity index (χ1) is 9.06. The summed E-state index contributed by atoms with van der Waals surface area (Å²) in [4.78, 5) is 0. The van der Waals surface area contributed by atoms with E-state index in [2.05, 4.69) is 34.1 Å². The number of benzene rings is 2. The average Bonchev–Trinajstić information content (AvgIpc) is 2.39. The van der Waals surface area contributed by atoms with Crippen molar-refractivity contribution in [3.63, 3.8) is 0 Å². The number of hydrogen-bond acceptors (Lipinski definition) is 2. The third-order valence-corrected chi connectivity index (χ3v) is 3.56. The predicted octanol–water partition coefficient (Wildman–Crippen LogP) is 4.36. The molecule has 0 aromatic heterocycles. The van der Waals surface area contributed by atoms with Crippen LogP contribution in [-0.4, -0.2) is 0 Å². The lowest BCUT2D eigenvalue weighted by molar-refractivity contribution is 0.304. The molecular weight excluding hydrogens is 302 g/mol. The van der Waals surface area contributed by atoms with Crippen LogP contribution >= 0.6 is 15.9 Å². The zero-order valence-electron chi connectivity index (χ0n) is 11.2. The molecule has 2 aromatic carbocycles. The second-order valence-electron chi connectivity index (χ2n) is 4.73. The molecule has 0 heterocycles. The topological polar surface area (TPSA) is 35.2 Å². The van der Waals surface area contributed by atoms with Crippen molar-refractivity contribution in [2.24, 2.45) is 5.73 Å². The van der Waals surface area contributed by atoms with Gasteiger partial charge in [0.1, 0.15) is 12.4 Å². The Morgan fingerprint density at radius 3 is 2.42 bits per heavy atom. The molecule has 0 amide bonds. The fourth-order valence-corrected chi connectivity index (χ4v) is 2.12. The Morgan fingerprint density at radius 2 is 1.84 bits per heavy atom. The van der Waals surface area contributed by atoms with Crippen LogP contribution < -0.4 is 10.5 Å². The summed E-state index contributed by atoms with van der Waals surface area (Å²) in [6.45, 7) is 4.60. The molecule has 1 atom stereocenters. The van der Waals surface area contributed by atoms with Gasteiger partial charge in [-0.15, -0.1) is 0 Å². The van der Waals surface area contributed by atoms with E-state index < -0.39 is 0 Å². The second kappa shape index (κ2) is 6.22. The normalized spacial score (nSPS) is 12.2. The molecule has 2 N–H and O–H groups in total. The van der Waals surface area contributed by atoms with Gasteiger partial charge in [-0.3, -0.25) is 0 Å². The molecule has 0 aliphatic carbocycles.